The second-order valence-corrected chi connectivity index (χ2v) is 3.03. The molecule has 0 N–H and O–H groups in total. The predicted molar refractivity (Wildman–Crippen MR) is 41.3 cm³/mol. The third kappa shape index (κ3) is 1.44. The Balaban J connectivity index is 2.60. The SMILES string of the molecule is CC1=CCC(C(C)C)=C1. The van der Waals surface area contributed by atoms with Crippen LogP contribution >= 0.6 is 0 Å². The fourth-order valence-corrected chi connectivity index (χ4v) is 1.09. The van der Waals surface area contributed by atoms with Crippen LogP contribution in [0.5, 0.6) is 0 Å². The van der Waals surface area contributed by atoms with E-state index in [9.17, 15) is 0 Å². The van der Waals surface area contributed by atoms with Crippen molar-refractivity contribution in [3.63, 3.8) is 0 Å². The number of allylic oxidation sites excluding steroid dienone is 4. The van der Waals surface area contributed by atoms with Crippen LogP contribution in [-0.4, -0.2) is 0 Å². The summed E-state index contributed by atoms with van der Waals surface area (Å²) in [5.74, 6) is 0.735. The summed E-state index contributed by atoms with van der Waals surface area (Å²) in [6.07, 6.45) is 5.77. The van der Waals surface area contributed by atoms with Gasteiger partial charge in [-0.2, -0.15) is 0 Å². The highest BCUT2D eigenvalue weighted by Crippen LogP contribution is 2.22. The fourth-order valence-electron chi connectivity index (χ4n) is 1.09. The fraction of sp³-hybridized carbons (Fsp3) is 0.556. The highest BCUT2D eigenvalue weighted by Gasteiger charge is 2.05. The molecule has 0 aromatic heterocycles. The van der Waals surface area contributed by atoms with Crippen molar-refractivity contribution in [2.45, 2.75) is 27.2 Å². The molecule has 0 amide bonds. The molecule has 1 rings (SSSR count). The molecule has 0 radical (unpaired) electrons. The van der Waals surface area contributed by atoms with E-state index in [1.165, 1.54) is 12.0 Å². The Bertz CT molecular complexity index is 159. The van der Waals surface area contributed by atoms with E-state index in [-0.39, 0.29) is 0 Å². The highest BCUT2D eigenvalue weighted by molar-refractivity contribution is 5.31. The molecule has 0 aliphatic heterocycles. The highest BCUT2D eigenvalue weighted by atomic mass is 14.1. The summed E-state index contributed by atoms with van der Waals surface area (Å²) in [4.78, 5) is 0. The summed E-state index contributed by atoms with van der Waals surface area (Å²) in [5.41, 5.74) is 3.01. The third-order valence-electron chi connectivity index (χ3n) is 1.81. The van der Waals surface area contributed by atoms with Gasteiger partial charge in [-0.1, -0.05) is 37.1 Å². The van der Waals surface area contributed by atoms with Crippen LogP contribution in [0.3, 0.4) is 0 Å². The molecule has 0 heterocycles. The van der Waals surface area contributed by atoms with Gasteiger partial charge in [0.05, 0.1) is 0 Å². The molecule has 0 aromatic carbocycles. The van der Waals surface area contributed by atoms with Gasteiger partial charge in [0, 0.05) is 0 Å². The van der Waals surface area contributed by atoms with Gasteiger partial charge in [0.25, 0.3) is 0 Å². The molecule has 0 bridgehead atoms. The molecule has 0 spiro atoms. The molecular formula is C9H14. The Morgan fingerprint density at radius 2 is 2.11 bits per heavy atom. The number of hydrogen-bond donors (Lipinski definition) is 0. The average molecular weight is 122 g/mol. The Hall–Kier alpha value is -0.520. The van der Waals surface area contributed by atoms with E-state index < -0.39 is 0 Å². The minimum absolute atomic E-state index is 0.735. The van der Waals surface area contributed by atoms with Crippen molar-refractivity contribution in [1.82, 2.24) is 0 Å². The van der Waals surface area contributed by atoms with Crippen LogP contribution in [0, 0.1) is 5.92 Å². The van der Waals surface area contributed by atoms with Crippen LogP contribution in [0.1, 0.15) is 27.2 Å². The van der Waals surface area contributed by atoms with Gasteiger partial charge < -0.3 is 0 Å². The van der Waals surface area contributed by atoms with E-state index >= 15 is 0 Å². The van der Waals surface area contributed by atoms with E-state index in [1.807, 2.05) is 0 Å². The van der Waals surface area contributed by atoms with Crippen molar-refractivity contribution in [2.24, 2.45) is 5.92 Å². The maximum atomic E-state index is 2.30. The largest absolute Gasteiger partial charge is 0.0775 e. The van der Waals surface area contributed by atoms with Crippen LogP contribution in [-0.2, 0) is 0 Å². The Kier molecular flexibility index (Phi) is 1.75. The summed E-state index contributed by atoms with van der Waals surface area (Å²) in [5, 5.41) is 0. The first-order chi connectivity index (χ1) is 4.20. The van der Waals surface area contributed by atoms with Gasteiger partial charge in [0.2, 0.25) is 0 Å². The van der Waals surface area contributed by atoms with Gasteiger partial charge >= 0.3 is 0 Å². The number of hydrogen-bond acceptors (Lipinski definition) is 0. The third-order valence-corrected chi connectivity index (χ3v) is 1.81. The quantitative estimate of drug-likeness (QED) is 0.501. The van der Waals surface area contributed by atoms with Gasteiger partial charge in [0.15, 0.2) is 0 Å². The maximum absolute atomic E-state index is 2.30. The van der Waals surface area contributed by atoms with E-state index in [2.05, 4.69) is 32.9 Å². The zero-order chi connectivity index (χ0) is 6.85. The minimum atomic E-state index is 0.735. The van der Waals surface area contributed by atoms with Crippen molar-refractivity contribution in [2.75, 3.05) is 0 Å². The molecule has 1 aliphatic rings. The second kappa shape index (κ2) is 2.38. The maximum Gasteiger partial charge on any atom is -0.0127 e. The molecule has 0 saturated carbocycles. The summed E-state index contributed by atoms with van der Waals surface area (Å²) < 4.78 is 0. The standard InChI is InChI=1S/C9H14/c1-7(2)9-5-4-8(3)6-9/h4,6-7H,5H2,1-3H3. The number of rotatable bonds is 1. The van der Waals surface area contributed by atoms with Gasteiger partial charge in [0.1, 0.15) is 0 Å². The first-order valence-corrected chi connectivity index (χ1v) is 3.57. The summed E-state index contributed by atoms with van der Waals surface area (Å²) >= 11 is 0. The normalized spacial score (nSPS) is 18.2. The average Bonchev–Trinajstić information content (AvgIpc) is 2.14. The molecule has 0 heteroatoms. The van der Waals surface area contributed by atoms with Crippen molar-refractivity contribution in [1.29, 1.82) is 0 Å². The van der Waals surface area contributed by atoms with Gasteiger partial charge in [-0.15, -0.1) is 0 Å². The van der Waals surface area contributed by atoms with Crippen molar-refractivity contribution >= 4 is 0 Å². The Morgan fingerprint density at radius 3 is 2.33 bits per heavy atom. The van der Waals surface area contributed by atoms with E-state index in [0.29, 0.717) is 0 Å². The zero-order valence-electron chi connectivity index (χ0n) is 6.44. The lowest BCUT2D eigenvalue weighted by Crippen LogP contribution is -1.88. The van der Waals surface area contributed by atoms with E-state index in [0.717, 1.165) is 5.92 Å². The molecule has 9 heavy (non-hydrogen) atoms. The molecule has 0 unspecified atom stereocenters. The topological polar surface area (TPSA) is 0 Å². The molecule has 1 aliphatic carbocycles. The van der Waals surface area contributed by atoms with Crippen LogP contribution in [0.15, 0.2) is 23.3 Å². The molecule has 0 aromatic rings. The van der Waals surface area contributed by atoms with Gasteiger partial charge in [-0.05, 0) is 19.3 Å². The van der Waals surface area contributed by atoms with E-state index in [1.54, 1.807) is 5.57 Å². The Labute approximate surface area is 57.3 Å². The summed E-state index contributed by atoms with van der Waals surface area (Å²) in [7, 11) is 0. The van der Waals surface area contributed by atoms with Crippen LogP contribution in [0.25, 0.3) is 0 Å². The van der Waals surface area contributed by atoms with Crippen LogP contribution in [0.2, 0.25) is 0 Å². The van der Waals surface area contributed by atoms with Gasteiger partial charge in [-0.3, -0.25) is 0 Å². The van der Waals surface area contributed by atoms with Gasteiger partial charge in [-0.25, -0.2) is 0 Å². The summed E-state index contributed by atoms with van der Waals surface area (Å²) in [6.45, 7) is 6.66. The molecule has 0 nitrogen and oxygen atoms in total. The van der Waals surface area contributed by atoms with Crippen LogP contribution < -0.4 is 0 Å². The molecule has 0 fully saturated rings. The Morgan fingerprint density at radius 1 is 1.44 bits per heavy atom. The summed E-state index contributed by atoms with van der Waals surface area (Å²) in [6, 6.07) is 0. The van der Waals surface area contributed by atoms with E-state index in [4.69, 9.17) is 0 Å². The lowest BCUT2D eigenvalue weighted by molar-refractivity contribution is 0.753. The predicted octanol–water partition coefficient (Wildman–Crippen LogP) is 2.92. The monoisotopic (exact) mass is 122 g/mol. The smallest absolute Gasteiger partial charge is 0.0127 e. The van der Waals surface area contributed by atoms with Crippen molar-refractivity contribution in [3.8, 4) is 0 Å². The molecular weight excluding hydrogens is 108 g/mol. The second-order valence-electron chi connectivity index (χ2n) is 3.03. The first kappa shape index (κ1) is 6.60. The first-order valence-electron chi connectivity index (χ1n) is 3.57. The lowest BCUT2D eigenvalue weighted by atomic mass is 10.0. The zero-order valence-corrected chi connectivity index (χ0v) is 6.44. The molecule has 0 atom stereocenters. The van der Waals surface area contributed by atoms with Crippen LogP contribution in [0.4, 0.5) is 0 Å². The molecule has 0 saturated heterocycles. The lowest BCUT2D eigenvalue weighted by Gasteiger charge is -2.02. The molecule has 50 valence electrons. The van der Waals surface area contributed by atoms with Crippen molar-refractivity contribution in [3.05, 3.63) is 23.3 Å². The van der Waals surface area contributed by atoms with Crippen molar-refractivity contribution < 1.29 is 0 Å². The minimum Gasteiger partial charge on any atom is -0.0775 e.